The van der Waals surface area contributed by atoms with Crippen molar-refractivity contribution in [3.8, 4) is 5.75 Å². The second kappa shape index (κ2) is 8.47. The van der Waals surface area contributed by atoms with Crippen LogP contribution in [-0.2, 0) is 9.53 Å². The maximum absolute atomic E-state index is 12.7. The largest absolute Gasteiger partial charge is 0.487 e. The fourth-order valence-electron chi connectivity index (χ4n) is 5.65. The van der Waals surface area contributed by atoms with Crippen molar-refractivity contribution in [2.75, 3.05) is 25.0 Å². The number of aromatic carboxylic acids is 1. The molecule has 0 spiro atoms. The van der Waals surface area contributed by atoms with E-state index in [1.165, 1.54) is 6.07 Å². The Balaban J connectivity index is 1.25. The van der Waals surface area contributed by atoms with Gasteiger partial charge in [-0.1, -0.05) is 30.3 Å². The first-order valence-electron chi connectivity index (χ1n) is 11.6. The van der Waals surface area contributed by atoms with Gasteiger partial charge in [0, 0.05) is 24.6 Å². The van der Waals surface area contributed by atoms with E-state index in [0.717, 1.165) is 37.2 Å². The maximum Gasteiger partial charge on any atom is 0.337 e. The van der Waals surface area contributed by atoms with Crippen molar-refractivity contribution < 1.29 is 24.2 Å². The highest BCUT2D eigenvalue weighted by Gasteiger charge is 2.51. The predicted octanol–water partition coefficient (Wildman–Crippen LogP) is 3.96. The van der Waals surface area contributed by atoms with Gasteiger partial charge in [0.2, 0.25) is 5.91 Å². The van der Waals surface area contributed by atoms with Crippen LogP contribution in [0.1, 0.15) is 48.7 Å². The standard InChI is InChI=1S/C26H30N2O5/c1-26(2)19-13-16-14-28(15-23(29)27-20-9-5-3-7-17(20)25(30)31)12-11-21(16)32-24(19)18-8-4-6-10-22(18)33-26/h3-10,16,19,21,24H,11-15H2,1-2H3,(H,27,29)(H,30,31)/t16-,19-,21-,24+/m1/s1. The minimum absolute atomic E-state index is 0.0357. The number of nitrogens with one attached hydrogen (secondary N) is 1. The third-order valence-corrected chi connectivity index (χ3v) is 7.28. The summed E-state index contributed by atoms with van der Waals surface area (Å²) in [6.07, 6.45) is 2.06. The summed E-state index contributed by atoms with van der Waals surface area (Å²) in [5.41, 5.74) is 1.23. The van der Waals surface area contributed by atoms with Crippen LogP contribution in [0.4, 0.5) is 5.69 Å². The summed E-state index contributed by atoms with van der Waals surface area (Å²) in [6, 6.07) is 14.6. The molecule has 2 aromatic carbocycles. The number of rotatable bonds is 4. The average Bonchev–Trinajstić information content (AvgIpc) is 2.78. The first-order chi connectivity index (χ1) is 15.8. The van der Waals surface area contributed by atoms with Crippen molar-refractivity contribution >= 4 is 17.6 Å². The first kappa shape index (κ1) is 21.9. The van der Waals surface area contributed by atoms with Crippen molar-refractivity contribution in [3.05, 3.63) is 59.7 Å². The second-order valence-corrected chi connectivity index (χ2v) is 9.86. The number of benzene rings is 2. The van der Waals surface area contributed by atoms with E-state index < -0.39 is 5.97 Å². The topological polar surface area (TPSA) is 88.1 Å². The number of nitrogens with zero attached hydrogens (tertiary/aromatic N) is 1. The van der Waals surface area contributed by atoms with Crippen LogP contribution < -0.4 is 10.1 Å². The molecule has 2 saturated heterocycles. The lowest BCUT2D eigenvalue weighted by molar-refractivity contribution is -0.187. The molecule has 3 heterocycles. The van der Waals surface area contributed by atoms with Crippen LogP contribution in [0.25, 0.3) is 0 Å². The van der Waals surface area contributed by atoms with Gasteiger partial charge in [0.1, 0.15) is 11.4 Å². The normalized spacial score (nSPS) is 27.9. The van der Waals surface area contributed by atoms with Crippen molar-refractivity contribution in [3.63, 3.8) is 0 Å². The van der Waals surface area contributed by atoms with E-state index >= 15 is 0 Å². The molecule has 174 valence electrons. The number of likely N-dealkylation sites (tertiary alicyclic amines) is 1. The summed E-state index contributed by atoms with van der Waals surface area (Å²) >= 11 is 0. The molecule has 3 aliphatic rings. The summed E-state index contributed by atoms with van der Waals surface area (Å²) in [6.45, 7) is 6.05. The molecule has 0 bridgehead atoms. The molecule has 7 nitrogen and oxygen atoms in total. The summed E-state index contributed by atoms with van der Waals surface area (Å²) in [4.78, 5) is 26.2. The van der Waals surface area contributed by atoms with E-state index in [0.29, 0.717) is 11.6 Å². The zero-order chi connectivity index (χ0) is 23.2. The van der Waals surface area contributed by atoms with E-state index in [2.05, 4.69) is 30.1 Å². The van der Waals surface area contributed by atoms with Gasteiger partial charge in [0.25, 0.3) is 0 Å². The van der Waals surface area contributed by atoms with Gasteiger partial charge >= 0.3 is 5.97 Å². The Hall–Kier alpha value is -2.90. The second-order valence-electron chi connectivity index (χ2n) is 9.86. The van der Waals surface area contributed by atoms with Crippen LogP contribution >= 0.6 is 0 Å². The number of anilines is 1. The Morgan fingerprint density at radius 1 is 1.15 bits per heavy atom. The van der Waals surface area contributed by atoms with E-state index in [4.69, 9.17) is 9.47 Å². The number of fused-ring (bicyclic) bond motifs is 4. The van der Waals surface area contributed by atoms with Crippen molar-refractivity contribution in [1.29, 1.82) is 0 Å². The number of carboxylic acid groups (broad SMARTS) is 1. The maximum atomic E-state index is 12.7. The number of carbonyl (C=O) groups is 2. The summed E-state index contributed by atoms with van der Waals surface area (Å²) in [5.74, 6) is 0.224. The molecule has 4 atom stereocenters. The van der Waals surface area contributed by atoms with Crippen LogP contribution in [0.3, 0.4) is 0 Å². The molecule has 0 radical (unpaired) electrons. The monoisotopic (exact) mass is 450 g/mol. The number of ether oxygens (including phenoxy) is 2. The third-order valence-electron chi connectivity index (χ3n) is 7.28. The van der Waals surface area contributed by atoms with E-state index in [1.54, 1.807) is 18.2 Å². The molecule has 3 aliphatic heterocycles. The molecule has 33 heavy (non-hydrogen) atoms. The van der Waals surface area contributed by atoms with E-state index in [1.807, 2.05) is 18.2 Å². The number of piperidine rings is 1. The molecule has 2 aromatic rings. The fourth-order valence-corrected chi connectivity index (χ4v) is 5.65. The van der Waals surface area contributed by atoms with E-state index in [-0.39, 0.29) is 41.7 Å². The Morgan fingerprint density at radius 3 is 2.73 bits per heavy atom. The molecule has 2 fully saturated rings. The van der Waals surface area contributed by atoms with Crippen LogP contribution in [0.5, 0.6) is 5.75 Å². The summed E-state index contributed by atoms with van der Waals surface area (Å²) in [7, 11) is 0. The molecule has 1 amide bonds. The number of amides is 1. The Bertz CT molecular complexity index is 1070. The Kier molecular flexibility index (Phi) is 5.62. The molecule has 0 aromatic heterocycles. The zero-order valence-corrected chi connectivity index (χ0v) is 19.0. The molecule has 0 aliphatic carbocycles. The summed E-state index contributed by atoms with van der Waals surface area (Å²) < 4.78 is 13.0. The lowest BCUT2D eigenvalue weighted by atomic mass is 9.70. The van der Waals surface area contributed by atoms with E-state index in [9.17, 15) is 14.7 Å². The van der Waals surface area contributed by atoms with Crippen molar-refractivity contribution in [1.82, 2.24) is 4.90 Å². The van der Waals surface area contributed by atoms with Crippen LogP contribution in [0.2, 0.25) is 0 Å². The lowest BCUT2D eigenvalue weighted by Gasteiger charge is -2.53. The zero-order valence-electron chi connectivity index (χ0n) is 19.0. The predicted molar refractivity (Wildman–Crippen MR) is 123 cm³/mol. The fraction of sp³-hybridized carbons (Fsp3) is 0.462. The number of hydrogen-bond acceptors (Lipinski definition) is 5. The molecule has 0 unspecified atom stereocenters. The smallest absolute Gasteiger partial charge is 0.337 e. The SMILES string of the molecule is CC1(C)Oc2ccccc2[C@@H]2O[C@@H]3CCN(CC(=O)Nc4ccccc4C(=O)O)C[C@H]3C[C@H]21. The van der Waals surface area contributed by atoms with Gasteiger partial charge in [0.15, 0.2) is 0 Å². The van der Waals surface area contributed by atoms with Gasteiger partial charge in [0.05, 0.1) is 30.0 Å². The van der Waals surface area contributed by atoms with Crippen LogP contribution in [-0.4, -0.2) is 53.2 Å². The van der Waals surface area contributed by atoms with Gasteiger partial charge in [-0.3, -0.25) is 9.69 Å². The molecule has 2 N–H and O–H groups in total. The number of carboxylic acids is 1. The number of para-hydroxylation sites is 2. The Morgan fingerprint density at radius 2 is 1.91 bits per heavy atom. The summed E-state index contributed by atoms with van der Waals surface area (Å²) in [5, 5.41) is 12.1. The lowest BCUT2D eigenvalue weighted by Crippen LogP contribution is -2.55. The highest BCUT2D eigenvalue weighted by molar-refractivity contribution is 6.01. The number of carbonyl (C=O) groups excluding carboxylic acids is 1. The highest BCUT2D eigenvalue weighted by Crippen LogP contribution is 2.52. The highest BCUT2D eigenvalue weighted by atomic mass is 16.5. The average molecular weight is 451 g/mol. The van der Waals surface area contributed by atoms with Gasteiger partial charge in [-0.2, -0.15) is 0 Å². The first-order valence-corrected chi connectivity index (χ1v) is 11.6. The minimum atomic E-state index is -1.06. The number of hydrogen-bond donors (Lipinski definition) is 2. The van der Waals surface area contributed by atoms with Gasteiger partial charge in [-0.05, 0) is 50.8 Å². The molecular formula is C26H30N2O5. The van der Waals surface area contributed by atoms with Gasteiger partial charge in [-0.25, -0.2) is 4.79 Å². The minimum Gasteiger partial charge on any atom is -0.487 e. The van der Waals surface area contributed by atoms with Crippen molar-refractivity contribution in [2.45, 2.75) is 44.5 Å². The van der Waals surface area contributed by atoms with Gasteiger partial charge in [-0.15, -0.1) is 0 Å². The molecule has 5 rings (SSSR count). The van der Waals surface area contributed by atoms with Crippen molar-refractivity contribution in [2.24, 2.45) is 11.8 Å². The molecule has 0 saturated carbocycles. The van der Waals surface area contributed by atoms with Crippen LogP contribution in [0, 0.1) is 11.8 Å². The third kappa shape index (κ3) is 4.23. The Labute approximate surface area is 193 Å². The van der Waals surface area contributed by atoms with Gasteiger partial charge < -0.3 is 19.9 Å². The molecular weight excluding hydrogens is 420 g/mol. The quantitative estimate of drug-likeness (QED) is 0.733. The van der Waals surface area contributed by atoms with Crippen LogP contribution in [0.15, 0.2) is 48.5 Å². The molecule has 7 heteroatoms.